The van der Waals surface area contributed by atoms with Crippen LogP contribution in [0.3, 0.4) is 0 Å². The van der Waals surface area contributed by atoms with Crippen molar-refractivity contribution in [3.8, 4) is 0 Å². The molecule has 0 aromatic carbocycles. The largest absolute Gasteiger partial charge is 0.394 e. The Balaban J connectivity index is 2.15. The van der Waals surface area contributed by atoms with Crippen LogP contribution >= 0.6 is 0 Å². The summed E-state index contributed by atoms with van der Waals surface area (Å²) in [5, 5.41) is 54.1. The molecule has 0 aliphatic carbocycles. The van der Waals surface area contributed by atoms with Crippen molar-refractivity contribution in [2.24, 2.45) is 0 Å². The fourth-order valence-electron chi connectivity index (χ4n) is 7.40. The van der Waals surface area contributed by atoms with Gasteiger partial charge >= 0.3 is 0 Å². The minimum absolute atomic E-state index is 0.139. The molecule has 1 fully saturated rings. The molecular formula is C48H89NO8. The zero-order chi connectivity index (χ0) is 41.6. The predicted molar refractivity (Wildman–Crippen MR) is 235 cm³/mol. The predicted octanol–water partition coefficient (Wildman–Crippen LogP) is 10.1. The molecule has 1 heterocycles. The van der Waals surface area contributed by atoms with Crippen molar-refractivity contribution in [2.45, 2.75) is 249 Å². The van der Waals surface area contributed by atoms with Gasteiger partial charge in [-0.3, -0.25) is 4.79 Å². The van der Waals surface area contributed by atoms with E-state index in [-0.39, 0.29) is 12.5 Å². The maximum atomic E-state index is 12.9. The maximum Gasteiger partial charge on any atom is 0.220 e. The normalized spacial score (nSPS) is 21.3. The van der Waals surface area contributed by atoms with Crippen LogP contribution in [0.15, 0.2) is 36.5 Å². The highest BCUT2D eigenvalue weighted by Gasteiger charge is 2.44. The number of nitrogens with one attached hydrogen (secondary N) is 1. The Bertz CT molecular complexity index is 987. The van der Waals surface area contributed by atoms with Crippen molar-refractivity contribution in [1.82, 2.24) is 5.32 Å². The van der Waals surface area contributed by atoms with E-state index in [0.29, 0.717) is 12.8 Å². The summed E-state index contributed by atoms with van der Waals surface area (Å²) >= 11 is 0. The highest BCUT2D eigenvalue weighted by atomic mass is 16.7. The molecule has 1 aliphatic rings. The van der Waals surface area contributed by atoms with Crippen LogP contribution in [0.5, 0.6) is 0 Å². The summed E-state index contributed by atoms with van der Waals surface area (Å²) in [5.41, 5.74) is 0. The Morgan fingerprint density at radius 3 is 1.53 bits per heavy atom. The molecule has 9 heteroatoms. The first-order valence-electron chi connectivity index (χ1n) is 23.7. The molecule has 0 radical (unpaired) electrons. The molecular weight excluding hydrogens is 719 g/mol. The van der Waals surface area contributed by atoms with Crippen molar-refractivity contribution in [1.29, 1.82) is 0 Å². The number of aliphatic hydroxyl groups is 5. The van der Waals surface area contributed by atoms with Crippen molar-refractivity contribution in [3.63, 3.8) is 0 Å². The van der Waals surface area contributed by atoms with E-state index in [1.165, 1.54) is 128 Å². The van der Waals surface area contributed by atoms with Crippen molar-refractivity contribution in [3.05, 3.63) is 36.5 Å². The van der Waals surface area contributed by atoms with Crippen molar-refractivity contribution in [2.75, 3.05) is 13.2 Å². The number of hydrogen-bond donors (Lipinski definition) is 6. The molecule has 0 spiro atoms. The van der Waals surface area contributed by atoms with E-state index < -0.39 is 49.5 Å². The quantitative estimate of drug-likeness (QED) is 0.0266. The van der Waals surface area contributed by atoms with E-state index in [0.717, 1.165) is 51.4 Å². The third kappa shape index (κ3) is 29.3. The van der Waals surface area contributed by atoms with Gasteiger partial charge in [-0.1, -0.05) is 185 Å². The molecule has 6 N–H and O–H groups in total. The number of carbonyl (C=O) groups is 1. The zero-order valence-corrected chi connectivity index (χ0v) is 36.6. The topological polar surface area (TPSA) is 149 Å². The average Bonchev–Trinajstić information content (AvgIpc) is 3.21. The van der Waals surface area contributed by atoms with Gasteiger partial charge in [0.15, 0.2) is 6.29 Å². The van der Waals surface area contributed by atoms with Gasteiger partial charge in [-0.2, -0.15) is 0 Å². The van der Waals surface area contributed by atoms with Crippen LogP contribution in [0, 0.1) is 0 Å². The number of rotatable bonds is 39. The number of ether oxygens (including phenoxy) is 2. The van der Waals surface area contributed by atoms with Crippen LogP contribution < -0.4 is 5.32 Å². The van der Waals surface area contributed by atoms with E-state index in [2.05, 4.69) is 55.6 Å². The van der Waals surface area contributed by atoms with Crippen LogP contribution in [0.25, 0.3) is 0 Å². The van der Waals surface area contributed by atoms with Crippen LogP contribution in [0.2, 0.25) is 0 Å². The Morgan fingerprint density at radius 1 is 0.596 bits per heavy atom. The number of hydrogen-bond acceptors (Lipinski definition) is 8. The second kappa shape index (κ2) is 38.6. The Labute approximate surface area is 349 Å². The SMILES string of the molecule is CCCCCCC/C=C\C/C=C\C/C=C\CCCCCCCCCCCCCCC(=O)NC(COC1OC(CO)C(O)C(O)C1O)C(O)CCCCCCCCC. The lowest BCUT2D eigenvalue weighted by atomic mass is 9.99. The van der Waals surface area contributed by atoms with E-state index in [1.54, 1.807) is 0 Å². The number of unbranched alkanes of at least 4 members (excludes halogenated alkanes) is 23. The highest BCUT2D eigenvalue weighted by Crippen LogP contribution is 2.23. The number of carbonyl (C=O) groups excluding carboxylic acids is 1. The molecule has 1 aliphatic heterocycles. The van der Waals surface area contributed by atoms with Gasteiger partial charge in [0.05, 0.1) is 25.4 Å². The van der Waals surface area contributed by atoms with E-state index in [1.807, 2.05) is 0 Å². The smallest absolute Gasteiger partial charge is 0.220 e. The number of allylic oxidation sites excluding steroid dienone is 6. The van der Waals surface area contributed by atoms with Crippen LogP contribution in [0.4, 0.5) is 0 Å². The van der Waals surface area contributed by atoms with E-state index in [9.17, 15) is 30.3 Å². The lowest BCUT2D eigenvalue weighted by molar-refractivity contribution is -0.302. The van der Waals surface area contributed by atoms with Crippen LogP contribution in [0.1, 0.15) is 206 Å². The van der Waals surface area contributed by atoms with Gasteiger partial charge in [-0.05, 0) is 51.4 Å². The monoisotopic (exact) mass is 808 g/mol. The molecule has 0 bridgehead atoms. The summed E-state index contributed by atoms with van der Waals surface area (Å²) in [7, 11) is 0. The molecule has 0 aromatic rings. The Kier molecular flexibility index (Phi) is 36.2. The average molecular weight is 808 g/mol. The third-order valence-corrected chi connectivity index (χ3v) is 11.2. The molecule has 1 saturated heterocycles. The molecule has 1 rings (SSSR count). The number of amides is 1. The molecule has 1 amide bonds. The molecule has 57 heavy (non-hydrogen) atoms. The standard InChI is InChI=1S/C48H89NO8/c1-3-5-7-9-11-12-13-14-15-16-17-18-19-20-21-22-23-24-25-26-27-28-29-30-32-34-36-38-44(52)49-41(42(51)37-35-33-31-10-8-6-4-2)40-56-48-47(55)46(54)45(53)43(39-50)57-48/h13-14,16-17,19-20,41-43,45-48,50-51,53-55H,3-12,15,18,21-40H2,1-2H3,(H,49,52)/b14-13-,17-16-,20-19-. The molecule has 334 valence electrons. The van der Waals surface area contributed by atoms with Crippen LogP contribution in [-0.4, -0.2) is 87.5 Å². The summed E-state index contributed by atoms with van der Waals surface area (Å²) in [6.45, 7) is 3.76. The first kappa shape index (κ1) is 53.4. The fraction of sp³-hybridized carbons (Fsp3) is 0.854. The fourth-order valence-corrected chi connectivity index (χ4v) is 7.40. The van der Waals surface area contributed by atoms with Gasteiger partial charge in [0, 0.05) is 6.42 Å². The summed E-state index contributed by atoms with van der Waals surface area (Å²) < 4.78 is 11.2. The lowest BCUT2D eigenvalue weighted by Gasteiger charge is -2.40. The summed E-state index contributed by atoms with van der Waals surface area (Å²) in [4.78, 5) is 12.9. The van der Waals surface area contributed by atoms with Gasteiger partial charge < -0.3 is 40.3 Å². The molecule has 0 saturated carbocycles. The minimum Gasteiger partial charge on any atom is -0.394 e. The van der Waals surface area contributed by atoms with Crippen LogP contribution in [-0.2, 0) is 14.3 Å². The van der Waals surface area contributed by atoms with Gasteiger partial charge in [-0.15, -0.1) is 0 Å². The summed E-state index contributed by atoms with van der Waals surface area (Å²) in [6.07, 6.45) is 40.4. The highest BCUT2D eigenvalue weighted by molar-refractivity contribution is 5.76. The summed E-state index contributed by atoms with van der Waals surface area (Å²) in [6, 6.07) is -0.716. The van der Waals surface area contributed by atoms with Gasteiger partial charge in [-0.25, -0.2) is 0 Å². The van der Waals surface area contributed by atoms with E-state index in [4.69, 9.17) is 9.47 Å². The van der Waals surface area contributed by atoms with Crippen molar-refractivity contribution >= 4 is 5.91 Å². The lowest BCUT2D eigenvalue weighted by Crippen LogP contribution is -2.60. The Morgan fingerprint density at radius 2 is 1.04 bits per heavy atom. The van der Waals surface area contributed by atoms with E-state index >= 15 is 0 Å². The van der Waals surface area contributed by atoms with Gasteiger partial charge in [0.25, 0.3) is 0 Å². The number of aliphatic hydroxyl groups excluding tert-OH is 5. The maximum absolute atomic E-state index is 12.9. The molecule has 0 aromatic heterocycles. The zero-order valence-electron chi connectivity index (χ0n) is 36.6. The minimum atomic E-state index is -1.55. The second-order valence-corrected chi connectivity index (χ2v) is 16.6. The van der Waals surface area contributed by atoms with Gasteiger partial charge in [0.2, 0.25) is 5.91 Å². The first-order chi connectivity index (χ1) is 27.8. The van der Waals surface area contributed by atoms with Gasteiger partial charge in [0.1, 0.15) is 24.4 Å². The third-order valence-electron chi connectivity index (χ3n) is 11.2. The first-order valence-corrected chi connectivity index (χ1v) is 23.7. The molecule has 7 atom stereocenters. The second-order valence-electron chi connectivity index (χ2n) is 16.6. The summed E-state index contributed by atoms with van der Waals surface area (Å²) in [5.74, 6) is -0.151. The van der Waals surface area contributed by atoms with Crippen molar-refractivity contribution < 1.29 is 39.8 Å². The Hall–Kier alpha value is -1.59. The molecule has 9 nitrogen and oxygen atoms in total. The molecule has 7 unspecified atom stereocenters.